The highest BCUT2D eigenvalue weighted by Gasteiger charge is 2.22. The van der Waals surface area contributed by atoms with E-state index in [1.165, 1.54) is 11.1 Å². The summed E-state index contributed by atoms with van der Waals surface area (Å²) >= 11 is 5.98. The predicted octanol–water partition coefficient (Wildman–Crippen LogP) is 3.61. The highest BCUT2D eigenvalue weighted by molar-refractivity contribution is 6.30. The van der Waals surface area contributed by atoms with E-state index in [-0.39, 0.29) is 5.91 Å². The first-order valence-corrected chi connectivity index (χ1v) is 8.32. The van der Waals surface area contributed by atoms with Gasteiger partial charge in [0.05, 0.1) is 0 Å². The van der Waals surface area contributed by atoms with E-state index in [9.17, 15) is 4.79 Å². The van der Waals surface area contributed by atoms with E-state index >= 15 is 0 Å². The van der Waals surface area contributed by atoms with Gasteiger partial charge in [-0.05, 0) is 30.7 Å². The van der Waals surface area contributed by atoms with E-state index in [4.69, 9.17) is 11.6 Å². The fourth-order valence-electron chi connectivity index (χ4n) is 2.98. The van der Waals surface area contributed by atoms with Crippen LogP contribution in [0.3, 0.4) is 0 Å². The van der Waals surface area contributed by atoms with Crippen molar-refractivity contribution in [1.82, 2.24) is 9.80 Å². The quantitative estimate of drug-likeness (QED) is 0.859. The van der Waals surface area contributed by atoms with Crippen LogP contribution in [0.25, 0.3) is 0 Å². The zero-order valence-electron chi connectivity index (χ0n) is 13.3. The molecule has 0 bridgehead atoms. The number of halogens is 1. The molecule has 0 saturated carbocycles. The molecule has 3 rings (SSSR count). The summed E-state index contributed by atoms with van der Waals surface area (Å²) in [4.78, 5) is 16.8. The minimum absolute atomic E-state index is 0.0719. The van der Waals surface area contributed by atoms with Gasteiger partial charge in [0.15, 0.2) is 0 Å². The molecule has 0 spiro atoms. The average Bonchev–Trinajstić information content (AvgIpc) is 2.55. The van der Waals surface area contributed by atoms with Gasteiger partial charge in [-0.25, -0.2) is 0 Å². The Bertz CT molecular complexity index is 693. The maximum Gasteiger partial charge on any atom is 0.253 e. The van der Waals surface area contributed by atoms with Gasteiger partial charge >= 0.3 is 0 Å². The van der Waals surface area contributed by atoms with Gasteiger partial charge in [-0.2, -0.15) is 0 Å². The summed E-state index contributed by atoms with van der Waals surface area (Å²) in [6, 6.07) is 15.8. The van der Waals surface area contributed by atoms with Gasteiger partial charge in [-0.3, -0.25) is 9.69 Å². The molecule has 0 aliphatic carbocycles. The van der Waals surface area contributed by atoms with E-state index in [0.29, 0.717) is 10.6 Å². The Morgan fingerprint density at radius 3 is 2.48 bits per heavy atom. The van der Waals surface area contributed by atoms with Gasteiger partial charge in [-0.1, -0.05) is 47.5 Å². The van der Waals surface area contributed by atoms with Crippen molar-refractivity contribution >= 4 is 17.5 Å². The number of hydrogen-bond acceptors (Lipinski definition) is 2. The van der Waals surface area contributed by atoms with Gasteiger partial charge < -0.3 is 4.90 Å². The standard InChI is InChI=1S/C19H21ClN2O/c1-15-4-2-5-16(12-15)14-21-8-10-22(11-9-21)19(23)17-6-3-7-18(20)13-17/h2-7,12-13H,8-11,14H2,1H3. The zero-order chi connectivity index (χ0) is 16.2. The van der Waals surface area contributed by atoms with Gasteiger partial charge in [0, 0.05) is 43.3 Å². The third-order valence-corrected chi connectivity index (χ3v) is 4.45. The van der Waals surface area contributed by atoms with Crippen LogP contribution in [-0.2, 0) is 6.54 Å². The van der Waals surface area contributed by atoms with Crippen LogP contribution in [0.5, 0.6) is 0 Å². The van der Waals surface area contributed by atoms with Crippen LogP contribution in [0, 0.1) is 6.92 Å². The molecule has 0 radical (unpaired) electrons. The molecule has 0 unspecified atom stereocenters. The lowest BCUT2D eigenvalue weighted by atomic mass is 10.1. The number of amides is 1. The van der Waals surface area contributed by atoms with Crippen molar-refractivity contribution in [3.05, 3.63) is 70.2 Å². The Morgan fingerprint density at radius 2 is 1.78 bits per heavy atom. The molecule has 120 valence electrons. The summed E-state index contributed by atoms with van der Waals surface area (Å²) in [6.07, 6.45) is 0. The number of benzene rings is 2. The van der Waals surface area contributed by atoms with E-state index in [1.54, 1.807) is 12.1 Å². The Morgan fingerprint density at radius 1 is 1.04 bits per heavy atom. The first-order chi connectivity index (χ1) is 11.1. The van der Waals surface area contributed by atoms with Crippen LogP contribution in [-0.4, -0.2) is 41.9 Å². The van der Waals surface area contributed by atoms with E-state index in [1.807, 2.05) is 17.0 Å². The van der Waals surface area contributed by atoms with E-state index in [0.717, 1.165) is 32.7 Å². The van der Waals surface area contributed by atoms with Crippen molar-refractivity contribution in [1.29, 1.82) is 0 Å². The predicted molar refractivity (Wildman–Crippen MR) is 93.8 cm³/mol. The molecule has 1 aliphatic heterocycles. The number of piperazine rings is 1. The number of carbonyl (C=O) groups is 1. The van der Waals surface area contributed by atoms with Crippen molar-refractivity contribution < 1.29 is 4.79 Å². The Kier molecular flexibility index (Phi) is 4.99. The third-order valence-electron chi connectivity index (χ3n) is 4.22. The number of nitrogens with zero attached hydrogens (tertiary/aromatic N) is 2. The van der Waals surface area contributed by atoms with Gasteiger partial charge in [0.1, 0.15) is 0 Å². The molecule has 1 saturated heterocycles. The molecule has 0 atom stereocenters. The van der Waals surface area contributed by atoms with Crippen LogP contribution in [0.4, 0.5) is 0 Å². The normalized spacial score (nSPS) is 15.7. The average molecular weight is 329 g/mol. The molecule has 0 aromatic heterocycles. The van der Waals surface area contributed by atoms with Crippen LogP contribution >= 0.6 is 11.6 Å². The molecule has 2 aromatic carbocycles. The van der Waals surface area contributed by atoms with Crippen LogP contribution in [0.1, 0.15) is 21.5 Å². The van der Waals surface area contributed by atoms with E-state index < -0.39 is 0 Å². The largest absolute Gasteiger partial charge is 0.336 e. The van der Waals surface area contributed by atoms with Crippen molar-refractivity contribution in [2.24, 2.45) is 0 Å². The molecule has 23 heavy (non-hydrogen) atoms. The first kappa shape index (κ1) is 16.0. The molecular formula is C19H21ClN2O. The lowest BCUT2D eigenvalue weighted by Crippen LogP contribution is -2.48. The fourth-order valence-corrected chi connectivity index (χ4v) is 3.17. The number of aryl methyl sites for hydroxylation is 1. The monoisotopic (exact) mass is 328 g/mol. The summed E-state index contributed by atoms with van der Waals surface area (Å²) in [7, 11) is 0. The second-order valence-electron chi connectivity index (χ2n) is 6.07. The molecule has 1 amide bonds. The lowest BCUT2D eigenvalue weighted by molar-refractivity contribution is 0.0628. The summed E-state index contributed by atoms with van der Waals surface area (Å²) in [5.74, 6) is 0.0719. The van der Waals surface area contributed by atoms with E-state index in [2.05, 4.69) is 36.1 Å². The van der Waals surface area contributed by atoms with Crippen LogP contribution in [0.2, 0.25) is 5.02 Å². The molecular weight excluding hydrogens is 308 g/mol. The highest BCUT2D eigenvalue weighted by Crippen LogP contribution is 2.15. The fraction of sp³-hybridized carbons (Fsp3) is 0.316. The van der Waals surface area contributed by atoms with Crippen molar-refractivity contribution in [2.45, 2.75) is 13.5 Å². The summed E-state index contributed by atoms with van der Waals surface area (Å²) in [5.41, 5.74) is 3.29. The minimum atomic E-state index is 0.0719. The summed E-state index contributed by atoms with van der Waals surface area (Å²) in [6.45, 7) is 6.39. The SMILES string of the molecule is Cc1cccc(CN2CCN(C(=O)c3cccc(Cl)c3)CC2)c1. The second-order valence-corrected chi connectivity index (χ2v) is 6.50. The summed E-state index contributed by atoms with van der Waals surface area (Å²) in [5, 5.41) is 0.605. The van der Waals surface area contributed by atoms with Crippen LogP contribution < -0.4 is 0 Å². The third kappa shape index (κ3) is 4.12. The van der Waals surface area contributed by atoms with Gasteiger partial charge in [-0.15, -0.1) is 0 Å². The van der Waals surface area contributed by atoms with Gasteiger partial charge in [0.2, 0.25) is 0 Å². The number of hydrogen-bond donors (Lipinski definition) is 0. The summed E-state index contributed by atoms with van der Waals surface area (Å²) < 4.78 is 0. The second kappa shape index (κ2) is 7.16. The van der Waals surface area contributed by atoms with Gasteiger partial charge in [0.25, 0.3) is 5.91 Å². The number of carbonyl (C=O) groups excluding carboxylic acids is 1. The Hall–Kier alpha value is -1.84. The Labute approximate surface area is 142 Å². The first-order valence-electron chi connectivity index (χ1n) is 7.94. The van der Waals surface area contributed by atoms with Crippen molar-refractivity contribution in [3.63, 3.8) is 0 Å². The lowest BCUT2D eigenvalue weighted by Gasteiger charge is -2.34. The molecule has 1 aliphatic rings. The minimum Gasteiger partial charge on any atom is -0.336 e. The Balaban J connectivity index is 1.57. The molecule has 3 nitrogen and oxygen atoms in total. The molecule has 1 fully saturated rings. The van der Waals surface area contributed by atoms with Crippen molar-refractivity contribution in [2.75, 3.05) is 26.2 Å². The number of rotatable bonds is 3. The molecule has 0 N–H and O–H groups in total. The molecule has 4 heteroatoms. The van der Waals surface area contributed by atoms with Crippen molar-refractivity contribution in [3.8, 4) is 0 Å². The zero-order valence-corrected chi connectivity index (χ0v) is 14.1. The molecule has 2 aromatic rings. The topological polar surface area (TPSA) is 23.6 Å². The smallest absolute Gasteiger partial charge is 0.253 e. The highest BCUT2D eigenvalue weighted by atomic mass is 35.5. The van der Waals surface area contributed by atoms with Crippen LogP contribution in [0.15, 0.2) is 48.5 Å². The maximum atomic E-state index is 12.5. The molecule has 1 heterocycles. The maximum absolute atomic E-state index is 12.5.